The summed E-state index contributed by atoms with van der Waals surface area (Å²) in [5.74, 6) is 0. The first-order valence-electron chi connectivity index (χ1n) is 5.62. The van der Waals surface area contributed by atoms with E-state index in [0.717, 1.165) is 13.0 Å². The topological polar surface area (TPSA) is 30.5 Å². The van der Waals surface area contributed by atoms with Crippen LogP contribution >= 0.6 is 0 Å². The second-order valence-corrected chi connectivity index (χ2v) is 7.68. The Balaban J connectivity index is 2.46. The average Bonchev–Trinajstić information content (AvgIpc) is 2.62. The Kier molecular flexibility index (Phi) is 5.09. The van der Waals surface area contributed by atoms with E-state index in [0.29, 0.717) is 5.73 Å². The van der Waals surface area contributed by atoms with Crippen molar-refractivity contribution in [3.8, 4) is 0 Å². The molecule has 0 aliphatic carbocycles. The van der Waals surface area contributed by atoms with Gasteiger partial charge in [-0.2, -0.15) is 0 Å². The Labute approximate surface area is 88.4 Å². The fraction of sp³-hybridized carbons (Fsp3) is 1.00. The lowest BCUT2D eigenvalue weighted by Gasteiger charge is -2.31. The van der Waals surface area contributed by atoms with Crippen LogP contribution in [0.3, 0.4) is 0 Å². The van der Waals surface area contributed by atoms with Crippen LogP contribution in [0.25, 0.3) is 0 Å². The lowest BCUT2D eigenvalue weighted by atomic mass is 10.3. The molecule has 4 heteroatoms. The van der Waals surface area contributed by atoms with E-state index in [1.54, 1.807) is 7.11 Å². The highest BCUT2D eigenvalue weighted by Gasteiger charge is 2.47. The minimum atomic E-state index is -1.75. The Bertz CT molecular complexity index is 168. The van der Waals surface area contributed by atoms with E-state index in [9.17, 15) is 0 Å². The number of rotatable bonds is 6. The molecule has 1 rings (SSSR count). The Hall–Kier alpha value is 0.0969. The molecular formula is C10H23NO2Si. The molecule has 1 aliphatic heterocycles. The number of ether oxygens (including phenoxy) is 1. The summed E-state index contributed by atoms with van der Waals surface area (Å²) in [4.78, 5) is 3.64. The minimum absolute atomic E-state index is 0.351. The molecule has 0 amide bonds. The zero-order valence-corrected chi connectivity index (χ0v) is 10.6. The molecule has 0 spiro atoms. The fourth-order valence-electron chi connectivity index (χ4n) is 2.24. The van der Waals surface area contributed by atoms with Crippen molar-refractivity contribution in [1.82, 2.24) is 4.98 Å². The summed E-state index contributed by atoms with van der Waals surface area (Å²) in [6.07, 6.45) is 4.88. The van der Waals surface area contributed by atoms with Crippen molar-refractivity contribution in [2.24, 2.45) is 0 Å². The van der Waals surface area contributed by atoms with E-state index >= 15 is 0 Å². The molecule has 0 aromatic heterocycles. The maximum absolute atomic E-state index is 5.75. The SMILES string of the molecule is CCCCN[Si]1(OC)CCCC1OC. The van der Waals surface area contributed by atoms with Crippen molar-refractivity contribution in [3.63, 3.8) is 0 Å². The van der Waals surface area contributed by atoms with Crippen molar-refractivity contribution < 1.29 is 9.16 Å². The maximum Gasteiger partial charge on any atom is 0.297 e. The first-order valence-corrected chi connectivity index (χ1v) is 7.81. The van der Waals surface area contributed by atoms with Crippen molar-refractivity contribution >= 4 is 8.48 Å². The van der Waals surface area contributed by atoms with Gasteiger partial charge in [0.05, 0.1) is 5.73 Å². The van der Waals surface area contributed by atoms with Crippen LogP contribution in [0.1, 0.15) is 32.6 Å². The van der Waals surface area contributed by atoms with Gasteiger partial charge >= 0.3 is 0 Å². The van der Waals surface area contributed by atoms with Crippen molar-refractivity contribution in [2.45, 2.75) is 44.4 Å². The van der Waals surface area contributed by atoms with E-state index in [1.165, 1.54) is 25.3 Å². The third kappa shape index (κ3) is 2.57. The highest BCUT2D eigenvalue weighted by Crippen LogP contribution is 2.29. The average molecular weight is 217 g/mol. The zero-order valence-electron chi connectivity index (χ0n) is 9.64. The molecule has 3 nitrogen and oxygen atoms in total. The Morgan fingerprint density at radius 1 is 1.43 bits per heavy atom. The van der Waals surface area contributed by atoms with Crippen LogP contribution in [0.5, 0.6) is 0 Å². The summed E-state index contributed by atoms with van der Waals surface area (Å²) >= 11 is 0. The Morgan fingerprint density at radius 3 is 2.79 bits per heavy atom. The second-order valence-electron chi connectivity index (χ2n) is 3.99. The summed E-state index contributed by atoms with van der Waals surface area (Å²) in [7, 11) is 1.89. The normalized spacial score (nSPS) is 32.4. The number of hydrogen-bond acceptors (Lipinski definition) is 3. The van der Waals surface area contributed by atoms with Crippen LogP contribution in [-0.4, -0.2) is 35.0 Å². The molecule has 14 heavy (non-hydrogen) atoms. The van der Waals surface area contributed by atoms with Crippen LogP contribution in [0.15, 0.2) is 0 Å². The molecule has 1 fully saturated rings. The van der Waals surface area contributed by atoms with Gasteiger partial charge < -0.3 is 14.1 Å². The van der Waals surface area contributed by atoms with Crippen LogP contribution in [0.4, 0.5) is 0 Å². The highest BCUT2D eigenvalue weighted by atomic mass is 28.4. The highest BCUT2D eigenvalue weighted by molar-refractivity contribution is 6.73. The van der Waals surface area contributed by atoms with Crippen LogP contribution in [0.2, 0.25) is 6.04 Å². The van der Waals surface area contributed by atoms with Crippen molar-refractivity contribution in [3.05, 3.63) is 0 Å². The molecule has 1 N–H and O–H groups in total. The third-order valence-electron chi connectivity index (χ3n) is 3.14. The summed E-state index contributed by atoms with van der Waals surface area (Å²) in [6, 6.07) is 1.20. The monoisotopic (exact) mass is 217 g/mol. The van der Waals surface area contributed by atoms with E-state index in [2.05, 4.69) is 11.9 Å². The molecule has 0 bridgehead atoms. The van der Waals surface area contributed by atoms with Gasteiger partial charge in [-0.15, -0.1) is 0 Å². The standard InChI is InChI=1S/C10H23NO2Si/c1-4-5-8-11-14(13-3)9-6-7-10(14)12-2/h10-11H,4-9H2,1-3H3. The minimum Gasteiger partial charge on any atom is -0.405 e. The van der Waals surface area contributed by atoms with Gasteiger partial charge in [-0.1, -0.05) is 13.3 Å². The van der Waals surface area contributed by atoms with Gasteiger partial charge in [0.1, 0.15) is 0 Å². The summed E-state index contributed by atoms with van der Waals surface area (Å²) in [5.41, 5.74) is 0.351. The maximum atomic E-state index is 5.75. The molecule has 1 heterocycles. The Morgan fingerprint density at radius 2 is 2.21 bits per heavy atom. The van der Waals surface area contributed by atoms with Gasteiger partial charge in [-0.25, -0.2) is 0 Å². The molecule has 0 aromatic carbocycles. The predicted octanol–water partition coefficient (Wildman–Crippen LogP) is 1.81. The van der Waals surface area contributed by atoms with E-state index < -0.39 is 8.48 Å². The smallest absolute Gasteiger partial charge is 0.297 e. The molecular weight excluding hydrogens is 194 g/mol. The van der Waals surface area contributed by atoms with Gasteiger partial charge in [0.25, 0.3) is 8.48 Å². The number of methoxy groups -OCH3 is 1. The van der Waals surface area contributed by atoms with Gasteiger partial charge in [-0.3, -0.25) is 0 Å². The van der Waals surface area contributed by atoms with Crippen LogP contribution in [-0.2, 0) is 9.16 Å². The lowest BCUT2D eigenvalue weighted by molar-refractivity contribution is 0.137. The molecule has 1 saturated heterocycles. The molecule has 1 aliphatic rings. The van der Waals surface area contributed by atoms with E-state index in [4.69, 9.17) is 9.16 Å². The largest absolute Gasteiger partial charge is 0.405 e. The van der Waals surface area contributed by atoms with E-state index in [-0.39, 0.29) is 0 Å². The zero-order chi connectivity index (χ0) is 10.4. The molecule has 0 radical (unpaired) electrons. The van der Waals surface area contributed by atoms with E-state index in [1.807, 2.05) is 7.11 Å². The lowest BCUT2D eigenvalue weighted by Crippen LogP contribution is -2.59. The molecule has 2 unspecified atom stereocenters. The predicted molar refractivity (Wildman–Crippen MR) is 60.5 cm³/mol. The molecule has 0 saturated carbocycles. The van der Waals surface area contributed by atoms with Gasteiger partial charge in [0.15, 0.2) is 0 Å². The molecule has 2 atom stereocenters. The van der Waals surface area contributed by atoms with Crippen molar-refractivity contribution in [1.29, 1.82) is 0 Å². The summed E-state index contributed by atoms with van der Waals surface area (Å²) < 4.78 is 11.3. The summed E-state index contributed by atoms with van der Waals surface area (Å²) in [5, 5.41) is 0. The molecule has 0 aromatic rings. The first kappa shape index (κ1) is 12.2. The van der Waals surface area contributed by atoms with Crippen molar-refractivity contribution in [2.75, 3.05) is 20.8 Å². The van der Waals surface area contributed by atoms with Gasteiger partial charge in [0.2, 0.25) is 0 Å². The van der Waals surface area contributed by atoms with Gasteiger partial charge in [0, 0.05) is 14.2 Å². The van der Waals surface area contributed by atoms with Gasteiger partial charge in [-0.05, 0) is 31.9 Å². The second kappa shape index (κ2) is 5.85. The first-order chi connectivity index (χ1) is 6.79. The quantitative estimate of drug-likeness (QED) is 0.544. The number of hydrogen-bond donors (Lipinski definition) is 1. The summed E-state index contributed by atoms with van der Waals surface area (Å²) in [6.45, 7) is 3.29. The molecule has 84 valence electrons. The third-order valence-corrected chi connectivity index (χ3v) is 7.38. The number of unbranched alkanes of at least 4 members (excludes halogenated alkanes) is 1. The number of nitrogens with one attached hydrogen (secondary N) is 1. The fourth-order valence-corrected chi connectivity index (χ4v) is 5.96. The van der Waals surface area contributed by atoms with Crippen LogP contribution in [0, 0.1) is 0 Å². The van der Waals surface area contributed by atoms with Crippen LogP contribution < -0.4 is 4.98 Å².